The normalized spacial score (nSPS) is 11.5. The zero-order valence-corrected chi connectivity index (χ0v) is 74.8. The fourth-order valence-corrected chi connectivity index (χ4v) is 21.0. The lowest BCUT2D eigenvalue weighted by molar-refractivity contribution is 1.18. The number of rotatable bonds is 12. The maximum absolute atomic E-state index is 9.38. The number of para-hydroxylation sites is 9. The van der Waals surface area contributed by atoms with Crippen molar-refractivity contribution in [2.24, 2.45) is 0 Å². The predicted molar refractivity (Wildman–Crippen MR) is 574 cm³/mol. The molecule has 0 aliphatic carbocycles. The van der Waals surface area contributed by atoms with Gasteiger partial charge in [0.2, 0.25) is 0 Å². The second kappa shape index (κ2) is 33.9. The number of hydrogen-bond donors (Lipinski definition) is 0. The van der Waals surface area contributed by atoms with E-state index in [4.69, 9.17) is 6.57 Å². The molecule has 642 valence electrons. The summed E-state index contributed by atoms with van der Waals surface area (Å²) in [6.07, 6.45) is 0. The molecular weight excluding hydrogens is 1680 g/mol. The third-order valence-corrected chi connectivity index (χ3v) is 27.4. The lowest BCUT2D eigenvalue weighted by Gasteiger charge is -2.11. The van der Waals surface area contributed by atoms with Gasteiger partial charge in [-0.1, -0.05) is 303 Å². The average Bonchev–Trinajstić information content (AvgIpc) is 1.58. The van der Waals surface area contributed by atoms with Gasteiger partial charge in [-0.05, 0) is 255 Å². The third-order valence-electron chi connectivity index (χ3n) is 27.4. The monoisotopic (exact) mass is 1760 g/mol. The van der Waals surface area contributed by atoms with Crippen LogP contribution in [0.15, 0.2) is 491 Å². The SMILES string of the molecule is N#Cc1ccc(-c2cccc(-n3c4ccccc4c4ccc(-c5ccc6c(c5)c5ccccc5n6-c5ccccc5)cc43)c2)cc1.N#Cc1cccc(-c2ccc(-n3c4ccccc4c4ccc(-c5ccc6c(c5)c5ccccc5n6-c5ccccc5)cc43)cc2)c1.[C-]#[N+]c1ccc(-c2ccc(-n3c4ccccc4c4ccc(-c5ccc6c(c5)c5ccccc5n6-c5ccccc5)cc43)cc2)cc1. The second-order valence-electron chi connectivity index (χ2n) is 35.2. The Hall–Kier alpha value is -19.1. The van der Waals surface area contributed by atoms with Gasteiger partial charge in [-0.15, -0.1) is 0 Å². The van der Waals surface area contributed by atoms with E-state index in [1.54, 1.807) is 0 Å². The Morgan fingerprint density at radius 1 is 0.152 bits per heavy atom. The van der Waals surface area contributed by atoms with Crippen LogP contribution in [-0.2, 0) is 0 Å². The van der Waals surface area contributed by atoms with Crippen LogP contribution in [0.4, 0.5) is 5.69 Å². The fraction of sp³-hybridized carbons (Fsp3) is 0. The number of hydrogen-bond acceptors (Lipinski definition) is 2. The molecule has 138 heavy (non-hydrogen) atoms. The molecule has 9 nitrogen and oxygen atoms in total. The van der Waals surface area contributed by atoms with E-state index in [9.17, 15) is 10.5 Å². The first-order chi connectivity index (χ1) is 68.3. The molecule has 21 aromatic carbocycles. The summed E-state index contributed by atoms with van der Waals surface area (Å²) in [6, 6.07) is 179. The van der Waals surface area contributed by atoms with Crippen molar-refractivity contribution in [2.45, 2.75) is 0 Å². The van der Waals surface area contributed by atoms with Crippen molar-refractivity contribution in [2.75, 3.05) is 0 Å². The Morgan fingerprint density at radius 3 is 0.732 bits per heavy atom. The van der Waals surface area contributed by atoms with Crippen LogP contribution in [0.1, 0.15) is 11.1 Å². The van der Waals surface area contributed by atoms with Crippen LogP contribution in [0.25, 0.3) is 237 Å². The van der Waals surface area contributed by atoms with Crippen molar-refractivity contribution >= 4 is 137 Å². The standard InChI is InChI=1S/3C43H27N3/c1-44-33-21-15-29(16-22-33)30-17-23-35(24-18-30)46-40-13-7-5-11-36(40)38-25-19-32(28-43(38)46)31-20-26-42-39(27-31)37-12-6-8-14-41(37)45(42)34-9-3-2-4-10-34;44-28-29-9-8-10-31(25-29)30-17-21-35(22-18-30)46-40-15-6-4-13-36(40)38-23-19-33(27-43(38)46)32-20-24-42-39(26-32)37-14-5-7-16-41(37)45(42)34-11-2-1-3-12-34;44-28-29-17-19-30(20-18-29)31-9-8-12-35(25-31)46-40-15-6-4-13-36(40)38-23-21-33(27-43(38)46)32-22-24-42-39(26-32)37-14-5-7-16-41(37)45(42)34-10-2-1-3-11-34/h2-28H;2*1-27H. The first-order valence-corrected chi connectivity index (χ1v) is 46.5. The van der Waals surface area contributed by atoms with E-state index < -0.39 is 0 Å². The van der Waals surface area contributed by atoms with E-state index >= 15 is 0 Å². The molecule has 0 saturated carbocycles. The van der Waals surface area contributed by atoms with Crippen LogP contribution in [0, 0.1) is 29.2 Å². The maximum Gasteiger partial charge on any atom is 0.187 e. The molecule has 6 aromatic heterocycles. The molecule has 0 bridgehead atoms. The highest BCUT2D eigenvalue weighted by Gasteiger charge is 2.23. The second-order valence-corrected chi connectivity index (χ2v) is 35.2. The first kappa shape index (κ1) is 80.9. The van der Waals surface area contributed by atoms with Gasteiger partial charge < -0.3 is 27.4 Å². The molecule has 0 saturated heterocycles. The van der Waals surface area contributed by atoms with E-state index in [0.717, 1.165) is 61.8 Å². The fourth-order valence-electron chi connectivity index (χ4n) is 21.0. The van der Waals surface area contributed by atoms with E-state index in [-0.39, 0.29) is 0 Å². The highest BCUT2D eigenvalue weighted by atomic mass is 15.0. The summed E-state index contributed by atoms with van der Waals surface area (Å²) in [7, 11) is 0. The number of aromatic nitrogens is 6. The number of nitrogens with zero attached hydrogens (tertiary/aromatic N) is 9. The Balaban J connectivity index is 0.000000110. The van der Waals surface area contributed by atoms with Crippen molar-refractivity contribution in [3.63, 3.8) is 0 Å². The van der Waals surface area contributed by atoms with Crippen molar-refractivity contribution < 1.29 is 0 Å². The first-order valence-electron chi connectivity index (χ1n) is 46.5. The topological polar surface area (TPSA) is 81.5 Å². The summed E-state index contributed by atoms with van der Waals surface area (Å²) in [5, 5.41) is 33.5. The Bertz CT molecular complexity index is 9650. The van der Waals surface area contributed by atoms with Crippen LogP contribution >= 0.6 is 0 Å². The Labute approximate surface area is 795 Å². The van der Waals surface area contributed by atoms with E-state index in [1.165, 1.54) is 170 Å². The molecule has 0 aliphatic heterocycles. The minimum atomic E-state index is 0.655. The summed E-state index contributed by atoms with van der Waals surface area (Å²) in [6.45, 7) is 7.25. The zero-order valence-electron chi connectivity index (χ0n) is 74.8. The summed E-state index contributed by atoms with van der Waals surface area (Å²) >= 11 is 0. The van der Waals surface area contributed by atoms with Crippen LogP contribution in [-0.4, -0.2) is 27.4 Å². The maximum atomic E-state index is 9.38. The smallest absolute Gasteiger partial charge is 0.187 e. The van der Waals surface area contributed by atoms with Crippen molar-refractivity contribution in [3.8, 4) is 113 Å². The van der Waals surface area contributed by atoms with Crippen LogP contribution in [0.3, 0.4) is 0 Å². The van der Waals surface area contributed by atoms with Gasteiger partial charge in [-0.25, -0.2) is 4.85 Å². The van der Waals surface area contributed by atoms with Gasteiger partial charge in [0.15, 0.2) is 5.69 Å². The zero-order chi connectivity index (χ0) is 91.8. The van der Waals surface area contributed by atoms with Crippen LogP contribution in [0.2, 0.25) is 0 Å². The van der Waals surface area contributed by atoms with Gasteiger partial charge in [-0.2, -0.15) is 10.5 Å². The third kappa shape index (κ3) is 14.0. The lowest BCUT2D eigenvalue weighted by atomic mass is 10.0. The van der Waals surface area contributed by atoms with E-state index in [0.29, 0.717) is 16.8 Å². The number of benzene rings is 21. The van der Waals surface area contributed by atoms with Crippen LogP contribution in [0.5, 0.6) is 0 Å². The minimum absolute atomic E-state index is 0.655. The molecule has 0 radical (unpaired) electrons. The largest absolute Gasteiger partial charge is 0.309 e. The number of fused-ring (bicyclic) bond motifs is 18. The van der Waals surface area contributed by atoms with Gasteiger partial charge in [-0.3, -0.25) is 0 Å². The molecule has 27 rings (SSSR count). The molecule has 0 aliphatic rings. The molecule has 9 heteroatoms. The van der Waals surface area contributed by atoms with Gasteiger partial charge in [0.1, 0.15) is 0 Å². The summed E-state index contributed by atoms with van der Waals surface area (Å²) in [5.41, 5.74) is 36.8. The van der Waals surface area contributed by atoms with Gasteiger partial charge in [0.25, 0.3) is 0 Å². The quantitative estimate of drug-likeness (QED) is 0.114. The summed E-state index contributed by atoms with van der Waals surface area (Å²) in [5.74, 6) is 0. The minimum Gasteiger partial charge on any atom is -0.309 e. The molecule has 27 aromatic rings. The molecule has 0 fully saturated rings. The predicted octanol–water partition coefficient (Wildman–Crippen LogP) is 33.9. The molecular formula is C129H81N9. The van der Waals surface area contributed by atoms with E-state index in [2.05, 4.69) is 469 Å². The average molecular weight is 1760 g/mol. The highest BCUT2D eigenvalue weighted by Crippen LogP contribution is 2.45. The molecule has 0 unspecified atom stereocenters. The Kier molecular flexibility index (Phi) is 19.9. The summed E-state index contributed by atoms with van der Waals surface area (Å²) < 4.78 is 14.2. The lowest BCUT2D eigenvalue weighted by Crippen LogP contribution is -1.94. The highest BCUT2D eigenvalue weighted by molar-refractivity contribution is 6.17. The van der Waals surface area contributed by atoms with Crippen molar-refractivity contribution in [1.29, 1.82) is 10.5 Å². The molecule has 0 spiro atoms. The molecule has 0 N–H and O–H groups in total. The van der Waals surface area contributed by atoms with Gasteiger partial charge in [0.05, 0.1) is 96.0 Å². The van der Waals surface area contributed by atoms with Gasteiger partial charge in [0, 0.05) is 98.8 Å². The molecule has 6 heterocycles. The molecule has 0 amide bonds. The van der Waals surface area contributed by atoms with Crippen LogP contribution < -0.4 is 0 Å². The van der Waals surface area contributed by atoms with Crippen molar-refractivity contribution in [1.82, 2.24) is 27.4 Å². The summed E-state index contributed by atoms with van der Waals surface area (Å²) in [4.78, 5) is 3.53. The van der Waals surface area contributed by atoms with Gasteiger partial charge >= 0.3 is 0 Å². The number of nitriles is 2. The Morgan fingerprint density at radius 2 is 0.384 bits per heavy atom. The van der Waals surface area contributed by atoms with E-state index in [1.807, 2.05) is 66.7 Å². The van der Waals surface area contributed by atoms with Crippen molar-refractivity contribution in [3.05, 3.63) is 514 Å². The molecule has 0 atom stereocenters.